The Balaban J connectivity index is 3.38. The van der Waals surface area contributed by atoms with Crippen LogP contribution in [-0.4, -0.2) is 10.1 Å². The summed E-state index contributed by atoms with van der Waals surface area (Å²) in [7, 11) is 0. The van der Waals surface area contributed by atoms with Crippen LogP contribution in [0, 0.1) is 0 Å². The van der Waals surface area contributed by atoms with Crippen LogP contribution in [0.1, 0.15) is 12.0 Å². The molecule has 0 atom stereocenters. The number of aromatic hydroxyl groups is 1. The number of hydrogen-bond acceptors (Lipinski definition) is 2. The van der Waals surface area contributed by atoms with Gasteiger partial charge < -0.3 is 10.1 Å². The fourth-order valence-electron chi connectivity index (χ4n) is 0.706. The number of hydrogen-bond donors (Lipinski definition) is 2. The SMILES string of the molecule is O=c1cc(C(F)F)c(O)c(Cl)[nH]1. The van der Waals surface area contributed by atoms with Crippen LogP contribution in [0.2, 0.25) is 5.15 Å². The van der Waals surface area contributed by atoms with Crippen molar-refractivity contribution in [1.82, 2.24) is 4.98 Å². The van der Waals surface area contributed by atoms with Crippen molar-refractivity contribution in [1.29, 1.82) is 0 Å². The smallest absolute Gasteiger partial charge is 0.267 e. The van der Waals surface area contributed by atoms with E-state index in [9.17, 15) is 13.6 Å². The maximum absolute atomic E-state index is 12.0. The van der Waals surface area contributed by atoms with Crippen LogP contribution in [-0.2, 0) is 0 Å². The normalized spacial score (nSPS) is 10.7. The van der Waals surface area contributed by atoms with Gasteiger partial charge in [0.05, 0.1) is 5.56 Å². The Hall–Kier alpha value is -1.10. The van der Waals surface area contributed by atoms with E-state index in [0.29, 0.717) is 6.07 Å². The third-order valence-corrected chi connectivity index (χ3v) is 1.51. The van der Waals surface area contributed by atoms with Gasteiger partial charge in [-0.3, -0.25) is 4.79 Å². The molecular formula is C6H4ClF2NO2. The van der Waals surface area contributed by atoms with Crippen LogP contribution >= 0.6 is 11.6 Å². The van der Waals surface area contributed by atoms with Crippen LogP contribution in [0.3, 0.4) is 0 Å². The van der Waals surface area contributed by atoms with E-state index in [0.717, 1.165) is 0 Å². The first-order chi connectivity index (χ1) is 5.52. The molecule has 0 saturated carbocycles. The second kappa shape index (κ2) is 3.10. The monoisotopic (exact) mass is 195 g/mol. The van der Waals surface area contributed by atoms with Crippen molar-refractivity contribution in [3.8, 4) is 5.75 Å². The molecule has 12 heavy (non-hydrogen) atoms. The lowest BCUT2D eigenvalue weighted by atomic mass is 10.2. The molecule has 1 rings (SSSR count). The molecule has 0 aliphatic heterocycles. The Bertz CT molecular complexity index is 350. The second-order valence-corrected chi connectivity index (χ2v) is 2.43. The highest BCUT2D eigenvalue weighted by molar-refractivity contribution is 6.30. The molecule has 0 aliphatic carbocycles. The lowest BCUT2D eigenvalue weighted by Crippen LogP contribution is -2.06. The van der Waals surface area contributed by atoms with E-state index in [1.807, 2.05) is 4.98 Å². The van der Waals surface area contributed by atoms with E-state index < -0.39 is 28.5 Å². The van der Waals surface area contributed by atoms with E-state index >= 15 is 0 Å². The first kappa shape index (κ1) is 8.99. The first-order valence-electron chi connectivity index (χ1n) is 2.92. The third-order valence-electron chi connectivity index (χ3n) is 1.24. The van der Waals surface area contributed by atoms with Gasteiger partial charge in [-0.1, -0.05) is 11.6 Å². The topological polar surface area (TPSA) is 53.1 Å². The van der Waals surface area contributed by atoms with Gasteiger partial charge in [0, 0.05) is 6.07 Å². The van der Waals surface area contributed by atoms with Gasteiger partial charge in [-0.2, -0.15) is 0 Å². The summed E-state index contributed by atoms with van der Waals surface area (Å²) >= 11 is 5.22. The molecule has 3 nitrogen and oxygen atoms in total. The van der Waals surface area contributed by atoms with Gasteiger partial charge in [0.1, 0.15) is 0 Å². The quantitative estimate of drug-likeness (QED) is 0.670. The molecule has 0 amide bonds. The highest BCUT2D eigenvalue weighted by atomic mass is 35.5. The van der Waals surface area contributed by atoms with E-state index in [2.05, 4.69) is 0 Å². The van der Waals surface area contributed by atoms with Crippen LogP contribution in [0.4, 0.5) is 8.78 Å². The molecule has 1 aromatic heterocycles. The molecule has 2 N–H and O–H groups in total. The fraction of sp³-hybridized carbons (Fsp3) is 0.167. The minimum atomic E-state index is -2.91. The van der Waals surface area contributed by atoms with Gasteiger partial charge in [0.25, 0.3) is 6.43 Å². The zero-order valence-corrected chi connectivity index (χ0v) is 6.40. The van der Waals surface area contributed by atoms with Crippen molar-refractivity contribution in [2.45, 2.75) is 6.43 Å². The maximum Gasteiger partial charge on any atom is 0.267 e. The number of rotatable bonds is 1. The Kier molecular flexibility index (Phi) is 2.32. The highest BCUT2D eigenvalue weighted by Crippen LogP contribution is 2.30. The minimum Gasteiger partial charge on any atom is -0.504 e. The fourth-order valence-corrected chi connectivity index (χ4v) is 0.908. The molecule has 0 bridgehead atoms. The third kappa shape index (κ3) is 1.55. The summed E-state index contributed by atoms with van der Waals surface area (Å²) in [5.74, 6) is -0.786. The molecule has 0 aliphatic rings. The average molecular weight is 196 g/mol. The summed E-state index contributed by atoms with van der Waals surface area (Å²) in [5, 5.41) is 8.44. The van der Waals surface area contributed by atoms with Crippen molar-refractivity contribution in [3.05, 3.63) is 27.1 Å². The van der Waals surface area contributed by atoms with Gasteiger partial charge in [-0.25, -0.2) is 8.78 Å². The molecule has 6 heteroatoms. The molecule has 0 aromatic carbocycles. The summed E-state index contributed by atoms with van der Waals surface area (Å²) < 4.78 is 24.0. The molecule has 1 heterocycles. The number of aromatic amines is 1. The standard InChI is InChI=1S/C6H4ClF2NO2/c7-5-4(12)2(6(8)9)1-3(11)10-5/h1,6,12H,(H,10,11). The predicted molar refractivity (Wildman–Crippen MR) is 38.7 cm³/mol. The van der Waals surface area contributed by atoms with E-state index in [1.54, 1.807) is 0 Å². The molecule has 0 radical (unpaired) electrons. The van der Waals surface area contributed by atoms with Crippen molar-refractivity contribution in [2.24, 2.45) is 0 Å². The zero-order valence-electron chi connectivity index (χ0n) is 5.64. The molecule has 0 spiro atoms. The molecule has 0 saturated heterocycles. The minimum absolute atomic E-state index is 0.474. The number of alkyl halides is 2. The van der Waals surface area contributed by atoms with Gasteiger partial charge in [-0.05, 0) is 0 Å². The summed E-state index contributed by atoms with van der Waals surface area (Å²) in [5.41, 5.74) is -1.53. The number of halogens is 3. The summed E-state index contributed by atoms with van der Waals surface area (Å²) in [6, 6.07) is 0.603. The van der Waals surface area contributed by atoms with Crippen molar-refractivity contribution < 1.29 is 13.9 Å². The zero-order chi connectivity index (χ0) is 9.30. The Morgan fingerprint density at radius 1 is 1.58 bits per heavy atom. The van der Waals surface area contributed by atoms with Crippen LogP contribution in [0.15, 0.2) is 10.9 Å². The van der Waals surface area contributed by atoms with Gasteiger partial charge in [0.15, 0.2) is 10.9 Å². The number of pyridine rings is 1. The van der Waals surface area contributed by atoms with Crippen LogP contribution in [0.5, 0.6) is 5.75 Å². The summed E-state index contributed by atoms with van der Waals surface area (Å²) in [4.78, 5) is 12.5. The first-order valence-corrected chi connectivity index (χ1v) is 3.30. The lowest BCUT2D eigenvalue weighted by molar-refractivity contribution is 0.147. The Labute approximate surface area is 70.6 Å². The van der Waals surface area contributed by atoms with Crippen LogP contribution < -0.4 is 5.56 Å². The van der Waals surface area contributed by atoms with Gasteiger partial charge in [-0.15, -0.1) is 0 Å². The van der Waals surface area contributed by atoms with Gasteiger partial charge >= 0.3 is 0 Å². The Morgan fingerprint density at radius 3 is 2.67 bits per heavy atom. The van der Waals surface area contributed by atoms with E-state index in [1.165, 1.54) is 0 Å². The second-order valence-electron chi connectivity index (χ2n) is 2.05. The molecule has 1 aromatic rings. The molecule has 0 fully saturated rings. The lowest BCUT2D eigenvalue weighted by Gasteiger charge is -2.02. The predicted octanol–water partition coefficient (Wildman–Crippen LogP) is 1.67. The molecule has 0 unspecified atom stereocenters. The average Bonchev–Trinajstić information content (AvgIpc) is 1.96. The highest BCUT2D eigenvalue weighted by Gasteiger charge is 2.16. The largest absolute Gasteiger partial charge is 0.504 e. The van der Waals surface area contributed by atoms with Crippen molar-refractivity contribution in [3.63, 3.8) is 0 Å². The summed E-state index contributed by atoms with van der Waals surface area (Å²) in [6.45, 7) is 0. The molecular weight excluding hydrogens is 192 g/mol. The number of nitrogens with one attached hydrogen (secondary N) is 1. The number of H-pyrrole nitrogens is 1. The van der Waals surface area contributed by atoms with Crippen molar-refractivity contribution in [2.75, 3.05) is 0 Å². The van der Waals surface area contributed by atoms with Gasteiger partial charge in [0.2, 0.25) is 5.56 Å². The molecule has 66 valence electrons. The number of aromatic nitrogens is 1. The summed E-state index contributed by atoms with van der Waals surface area (Å²) in [6.07, 6.45) is -2.91. The van der Waals surface area contributed by atoms with E-state index in [-0.39, 0.29) is 0 Å². The maximum atomic E-state index is 12.0. The van der Waals surface area contributed by atoms with Crippen molar-refractivity contribution >= 4 is 11.6 Å². The van der Waals surface area contributed by atoms with Crippen LogP contribution in [0.25, 0.3) is 0 Å². The van der Waals surface area contributed by atoms with E-state index in [4.69, 9.17) is 16.7 Å². The Morgan fingerprint density at radius 2 is 2.17 bits per heavy atom.